The number of pyridine rings is 1. The minimum Gasteiger partial charge on any atom is -0.355 e. The molecule has 0 saturated heterocycles. The zero-order valence-electron chi connectivity index (χ0n) is 11.4. The summed E-state index contributed by atoms with van der Waals surface area (Å²) >= 11 is 0. The zero-order chi connectivity index (χ0) is 13.9. The van der Waals surface area contributed by atoms with Gasteiger partial charge in [0.2, 0.25) is 0 Å². The van der Waals surface area contributed by atoms with Crippen LogP contribution in [0, 0.1) is 0 Å². The van der Waals surface area contributed by atoms with Crippen molar-refractivity contribution in [2.75, 3.05) is 5.32 Å². The van der Waals surface area contributed by atoms with Crippen molar-refractivity contribution >= 4 is 22.3 Å². The van der Waals surface area contributed by atoms with Crippen LogP contribution in [0.4, 0.5) is 11.4 Å². The van der Waals surface area contributed by atoms with E-state index in [9.17, 15) is 0 Å². The number of hydrogen-bond acceptors (Lipinski definition) is 3. The number of nitrogens with one attached hydrogen (secondary N) is 1. The summed E-state index contributed by atoms with van der Waals surface area (Å²) in [6, 6.07) is 18.2. The van der Waals surface area contributed by atoms with Gasteiger partial charge in [0.05, 0.1) is 5.52 Å². The average Bonchev–Trinajstić information content (AvgIpc) is 2.48. The molecule has 3 rings (SSSR count). The Morgan fingerprint density at radius 3 is 2.55 bits per heavy atom. The van der Waals surface area contributed by atoms with Crippen molar-refractivity contribution in [3.05, 3.63) is 66.4 Å². The van der Waals surface area contributed by atoms with E-state index in [-0.39, 0.29) is 6.04 Å². The van der Waals surface area contributed by atoms with Gasteiger partial charge in [-0.15, -0.1) is 0 Å². The molecule has 0 spiro atoms. The topological polar surface area (TPSA) is 50.9 Å². The lowest BCUT2D eigenvalue weighted by Crippen LogP contribution is -2.08. The van der Waals surface area contributed by atoms with E-state index in [4.69, 9.17) is 5.73 Å². The highest BCUT2D eigenvalue weighted by Crippen LogP contribution is 2.28. The minimum absolute atomic E-state index is 0.00759. The van der Waals surface area contributed by atoms with Crippen LogP contribution in [0.15, 0.2) is 60.8 Å². The van der Waals surface area contributed by atoms with Gasteiger partial charge < -0.3 is 11.1 Å². The van der Waals surface area contributed by atoms with Gasteiger partial charge in [0.15, 0.2) is 0 Å². The van der Waals surface area contributed by atoms with Gasteiger partial charge in [-0.2, -0.15) is 0 Å². The highest BCUT2D eigenvalue weighted by atomic mass is 14.9. The molecule has 0 amide bonds. The van der Waals surface area contributed by atoms with Gasteiger partial charge in [0.25, 0.3) is 0 Å². The molecule has 2 aromatic carbocycles. The Morgan fingerprint density at radius 1 is 0.950 bits per heavy atom. The number of benzene rings is 2. The highest BCUT2D eigenvalue weighted by Gasteiger charge is 2.07. The summed E-state index contributed by atoms with van der Waals surface area (Å²) in [6.45, 7) is 1.99. The van der Waals surface area contributed by atoms with Crippen LogP contribution in [0.1, 0.15) is 18.5 Å². The molecule has 3 heteroatoms. The predicted molar refractivity (Wildman–Crippen MR) is 84.1 cm³/mol. The van der Waals surface area contributed by atoms with Crippen LogP contribution in [0.25, 0.3) is 10.9 Å². The van der Waals surface area contributed by atoms with Gasteiger partial charge in [-0.3, -0.25) is 4.98 Å². The average molecular weight is 263 g/mol. The number of anilines is 2. The molecule has 3 nitrogen and oxygen atoms in total. The lowest BCUT2D eigenvalue weighted by Gasteiger charge is -2.15. The number of rotatable bonds is 3. The Bertz CT molecular complexity index is 730. The molecule has 0 fully saturated rings. The quantitative estimate of drug-likeness (QED) is 0.751. The SMILES string of the molecule is CC(N)c1ccccc1Nc1ccnc2ccccc12. The maximum atomic E-state index is 6.03. The van der Waals surface area contributed by atoms with E-state index in [0.717, 1.165) is 27.8 Å². The number of para-hydroxylation sites is 2. The molecule has 0 aliphatic heterocycles. The Morgan fingerprint density at radius 2 is 1.70 bits per heavy atom. The normalized spacial score (nSPS) is 12.3. The van der Waals surface area contributed by atoms with Gasteiger partial charge in [0.1, 0.15) is 0 Å². The number of nitrogens with zero attached hydrogens (tertiary/aromatic N) is 1. The second-order valence-corrected chi connectivity index (χ2v) is 4.88. The molecule has 1 aromatic heterocycles. The molecule has 0 aliphatic carbocycles. The molecule has 0 radical (unpaired) electrons. The first-order valence-corrected chi connectivity index (χ1v) is 6.71. The molecule has 20 heavy (non-hydrogen) atoms. The maximum absolute atomic E-state index is 6.03. The van der Waals surface area contributed by atoms with Crippen molar-refractivity contribution in [2.45, 2.75) is 13.0 Å². The van der Waals surface area contributed by atoms with Crippen molar-refractivity contribution in [3.8, 4) is 0 Å². The van der Waals surface area contributed by atoms with Gasteiger partial charge in [-0.25, -0.2) is 0 Å². The molecule has 0 aliphatic rings. The summed E-state index contributed by atoms with van der Waals surface area (Å²) in [5, 5.41) is 4.58. The smallest absolute Gasteiger partial charge is 0.0722 e. The van der Waals surface area contributed by atoms with Crippen molar-refractivity contribution in [1.82, 2.24) is 4.98 Å². The first-order valence-electron chi connectivity index (χ1n) is 6.71. The lowest BCUT2D eigenvalue weighted by atomic mass is 10.1. The summed E-state index contributed by atoms with van der Waals surface area (Å²) < 4.78 is 0. The van der Waals surface area contributed by atoms with Crippen LogP contribution in [0.2, 0.25) is 0 Å². The van der Waals surface area contributed by atoms with Crippen molar-refractivity contribution in [3.63, 3.8) is 0 Å². The molecule has 1 heterocycles. The predicted octanol–water partition coefficient (Wildman–Crippen LogP) is 4.00. The summed E-state index contributed by atoms with van der Waals surface area (Å²) in [5.74, 6) is 0. The van der Waals surface area contributed by atoms with Crippen LogP contribution >= 0.6 is 0 Å². The molecular weight excluding hydrogens is 246 g/mol. The second kappa shape index (κ2) is 5.31. The van der Waals surface area contributed by atoms with Crippen LogP contribution in [-0.2, 0) is 0 Å². The van der Waals surface area contributed by atoms with Crippen LogP contribution < -0.4 is 11.1 Å². The molecule has 0 bridgehead atoms. The Balaban J connectivity index is 2.06. The van der Waals surface area contributed by atoms with Crippen molar-refractivity contribution < 1.29 is 0 Å². The number of nitrogens with two attached hydrogens (primary N) is 1. The third-order valence-electron chi connectivity index (χ3n) is 3.37. The number of hydrogen-bond donors (Lipinski definition) is 2. The summed E-state index contributed by atoms with van der Waals surface area (Å²) in [7, 11) is 0. The first kappa shape index (κ1) is 12.6. The molecule has 0 saturated carbocycles. The van der Waals surface area contributed by atoms with E-state index in [1.54, 1.807) is 0 Å². The van der Waals surface area contributed by atoms with Gasteiger partial charge >= 0.3 is 0 Å². The second-order valence-electron chi connectivity index (χ2n) is 4.88. The molecular formula is C17H17N3. The van der Waals surface area contributed by atoms with E-state index in [0.29, 0.717) is 0 Å². The minimum atomic E-state index is -0.00759. The van der Waals surface area contributed by atoms with Crippen LogP contribution in [0.3, 0.4) is 0 Å². The third kappa shape index (κ3) is 2.36. The molecule has 1 atom stereocenters. The largest absolute Gasteiger partial charge is 0.355 e. The summed E-state index contributed by atoms with van der Waals surface area (Å²) in [4.78, 5) is 4.38. The Labute approximate surface area is 118 Å². The fourth-order valence-corrected chi connectivity index (χ4v) is 2.36. The fraction of sp³-hybridized carbons (Fsp3) is 0.118. The van der Waals surface area contributed by atoms with Gasteiger partial charge in [-0.05, 0) is 30.7 Å². The molecule has 3 aromatic rings. The third-order valence-corrected chi connectivity index (χ3v) is 3.37. The van der Waals surface area contributed by atoms with Crippen molar-refractivity contribution in [1.29, 1.82) is 0 Å². The molecule has 100 valence electrons. The van der Waals surface area contributed by atoms with Crippen molar-refractivity contribution in [2.24, 2.45) is 5.73 Å². The molecule has 1 unspecified atom stereocenters. The highest BCUT2D eigenvalue weighted by molar-refractivity contribution is 5.92. The summed E-state index contributed by atoms with van der Waals surface area (Å²) in [5.41, 5.74) is 10.2. The zero-order valence-corrected chi connectivity index (χ0v) is 11.4. The first-order chi connectivity index (χ1) is 9.75. The summed E-state index contributed by atoms with van der Waals surface area (Å²) in [6.07, 6.45) is 1.82. The van der Waals surface area contributed by atoms with E-state index >= 15 is 0 Å². The lowest BCUT2D eigenvalue weighted by molar-refractivity contribution is 0.820. The van der Waals surface area contributed by atoms with Gasteiger partial charge in [-0.1, -0.05) is 36.4 Å². The van der Waals surface area contributed by atoms with Crippen LogP contribution in [-0.4, -0.2) is 4.98 Å². The molecule has 3 N–H and O–H groups in total. The Kier molecular flexibility index (Phi) is 3.35. The standard InChI is InChI=1S/C17H17N3/c1-12(18)13-6-2-5-9-16(13)20-17-10-11-19-15-8-4-3-7-14(15)17/h2-12H,18H2,1H3,(H,19,20). The van der Waals surface area contributed by atoms with E-state index in [1.807, 2.05) is 55.6 Å². The van der Waals surface area contributed by atoms with E-state index < -0.39 is 0 Å². The number of aromatic nitrogens is 1. The van der Waals surface area contributed by atoms with E-state index in [1.165, 1.54) is 0 Å². The monoisotopic (exact) mass is 263 g/mol. The number of fused-ring (bicyclic) bond motifs is 1. The fourth-order valence-electron chi connectivity index (χ4n) is 2.36. The Hall–Kier alpha value is -2.39. The van der Waals surface area contributed by atoms with Gasteiger partial charge in [0, 0.05) is 29.0 Å². The van der Waals surface area contributed by atoms with E-state index in [2.05, 4.69) is 22.4 Å². The van der Waals surface area contributed by atoms with Crippen LogP contribution in [0.5, 0.6) is 0 Å². The maximum Gasteiger partial charge on any atom is 0.0722 e.